The number of nitrogens with two attached hydrogens (primary N) is 1. The van der Waals surface area contributed by atoms with E-state index in [1.807, 2.05) is 0 Å². The van der Waals surface area contributed by atoms with Crippen molar-refractivity contribution in [3.05, 3.63) is 0 Å². The Morgan fingerprint density at radius 2 is 1.56 bits per heavy atom. The highest BCUT2D eigenvalue weighted by molar-refractivity contribution is 6.05. The molecule has 6 aliphatic rings. The van der Waals surface area contributed by atoms with Crippen molar-refractivity contribution >= 4 is 11.8 Å². The van der Waals surface area contributed by atoms with E-state index < -0.39 is 0 Å². The van der Waals surface area contributed by atoms with Crippen LogP contribution in [0.15, 0.2) is 0 Å². The van der Waals surface area contributed by atoms with Crippen LogP contribution in [0.5, 0.6) is 0 Å². The zero-order valence-corrected chi connectivity index (χ0v) is 8.58. The number of hydrazine groups is 1. The van der Waals surface area contributed by atoms with E-state index in [0.29, 0.717) is 11.8 Å². The number of hydrogen-bond acceptors (Lipinski definition) is 4. The van der Waals surface area contributed by atoms with Crippen LogP contribution < -0.4 is 5.84 Å². The van der Waals surface area contributed by atoms with Gasteiger partial charge < -0.3 is 4.74 Å². The first-order chi connectivity index (χ1) is 7.70. The number of rotatable bonds is 0. The Morgan fingerprint density at radius 1 is 1.06 bits per heavy atom. The quantitative estimate of drug-likeness (QED) is 0.249. The lowest BCUT2D eigenvalue weighted by Gasteiger charge is -2.39. The predicted octanol–water partition coefficient (Wildman–Crippen LogP) is -0.876. The lowest BCUT2D eigenvalue weighted by molar-refractivity contribution is -0.140. The average molecular weight is 220 g/mol. The molecule has 5 heteroatoms. The SMILES string of the molecule is NN1C(=O)[C@H]2[C@H](C1=O)[C@H]1[C@H]3C[C@@H]3[C@H]2[C@H]2O[C@@H]21. The van der Waals surface area contributed by atoms with Gasteiger partial charge in [-0.15, -0.1) is 0 Å². The summed E-state index contributed by atoms with van der Waals surface area (Å²) in [4.78, 5) is 24.0. The minimum absolute atomic E-state index is 0.157. The standard InChI is InChI=1S/C11H12N2O3/c12-13-10(14)6-4-2-1-3(2)5(7(6)11(13)15)9-8(4)16-9/h2-9H,1,12H2/t2-,3-,4+,5+,6+,7+,8+,9+/m0/s1. The summed E-state index contributed by atoms with van der Waals surface area (Å²) in [5.41, 5.74) is 0. The topological polar surface area (TPSA) is 75.9 Å². The van der Waals surface area contributed by atoms with E-state index >= 15 is 0 Å². The molecule has 0 aromatic heterocycles. The van der Waals surface area contributed by atoms with Gasteiger partial charge in [-0.05, 0) is 18.3 Å². The Bertz CT molecular complexity index is 395. The zero-order chi connectivity index (χ0) is 10.8. The van der Waals surface area contributed by atoms with Gasteiger partial charge in [-0.25, -0.2) is 10.9 Å². The van der Waals surface area contributed by atoms with Crippen molar-refractivity contribution in [3.8, 4) is 0 Å². The molecular weight excluding hydrogens is 208 g/mol. The minimum Gasteiger partial charge on any atom is -0.369 e. The molecule has 0 radical (unpaired) electrons. The van der Waals surface area contributed by atoms with Crippen LogP contribution in [0.1, 0.15) is 6.42 Å². The Kier molecular flexibility index (Phi) is 1.06. The summed E-state index contributed by atoms with van der Waals surface area (Å²) >= 11 is 0. The molecular formula is C11H12N2O3. The number of epoxide rings is 1. The van der Waals surface area contributed by atoms with Crippen molar-refractivity contribution in [2.24, 2.45) is 41.4 Å². The molecule has 16 heavy (non-hydrogen) atoms. The van der Waals surface area contributed by atoms with E-state index in [9.17, 15) is 9.59 Å². The largest absolute Gasteiger partial charge is 0.369 e. The van der Waals surface area contributed by atoms with Crippen molar-refractivity contribution in [2.45, 2.75) is 18.6 Å². The number of amides is 2. The fraction of sp³-hybridized carbons (Fsp3) is 0.818. The highest BCUT2D eigenvalue weighted by Crippen LogP contribution is 2.72. The lowest BCUT2D eigenvalue weighted by atomic mass is 9.59. The lowest BCUT2D eigenvalue weighted by Crippen LogP contribution is -2.48. The number of carbonyl (C=O) groups excluding carboxylic acids is 2. The smallest absolute Gasteiger partial charge is 0.247 e. The molecule has 84 valence electrons. The second-order valence-corrected chi connectivity index (χ2v) is 5.88. The van der Waals surface area contributed by atoms with Crippen LogP contribution in [0.4, 0.5) is 0 Å². The summed E-state index contributed by atoms with van der Waals surface area (Å²) in [5, 5.41) is 0.866. The maximum Gasteiger partial charge on any atom is 0.247 e. The van der Waals surface area contributed by atoms with E-state index in [4.69, 9.17) is 10.6 Å². The second kappa shape index (κ2) is 2.07. The monoisotopic (exact) mass is 220 g/mol. The summed E-state index contributed by atoms with van der Waals surface area (Å²) in [6, 6.07) is 0. The maximum absolute atomic E-state index is 12.0. The van der Waals surface area contributed by atoms with Gasteiger partial charge in [0.25, 0.3) is 0 Å². The van der Waals surface area contributed by atoms with Crippen LogP contribution in [0.2, 0.25) is 0 Å². The second-order valence-electron chi connectivity index (χ2n) is 5.88. The molecule has 2 aliphatic heterocycles. The van der Waals surface area contributed by atoms with Crippen LogP contribution in [0.25, 0.3) is 0 Å². The third-order valence-corrected chi connectivity index (χ3v) is 5.46. The van der Waals surface area contributed by atoms with E-state index in [-0.39, 0.29) is 47.7 Å². The summed E-state index contributed by atoms with van der Waals surface area (Å²) in [7, 11) is 0. The number of imide groups is 1. The summed E-state index contributed by atoms with van der Waals surface area (Å²) < 4.78 is 5.67. The van der Waals surface area contributed by atoms with Crippen LogP contribution >= 0.6 is 0 Å². The molecule has 2 heterocycles. The van der Waals surface area contributed by atoms with Crippen LogP contribution in [-0.4, -0.2) is 29.0 Å². The van der Waals surface area contributed by atoms with Gasteiger partial charge in [0.1, 0.15) is 0 Å². The third kappa shape index (κ3) is 0.627. The van der Waals surface area contributed by atoms with Gasteiger partial charge in [0.2, 0.25) is 11.8 Å². The molecule has 0 unspecified atom stereocenters. The molecule has 0 aromatic carbocycles. The van der Waals surface area contributed by atoms with E-state index in [0.717, 1.165) is 5.01 Å². The van der Waals surface area contributed by atoms with Crippen molar-refractivity contribution in [2.75, 3.05) is 0 Å². The van der Waals surface area contributed by atoms with Gasteiger partial charge in [-0.3, -0.25) is 9.59 Å². The van der Waals surface area contributed by atoms with Gasteiger partial charge in [0.05, 0.1) is 24.0 Å². The number of ether oxygens (including phenoxy) is 1. The van der Waals surface area contributed by atoms with Gasteiger partial charge in [-0.2, -0.15) is 0 Å². The minimum atomic E-state index is -0.163. The molecule has 0 aromatic rings. The molecule has 4 saturated carbocycles. The zero-order valence-electron chi connectivity index (χ0n) is 8.58. The predicted molar refractivity (Wildman–Crippen MR) is 50.3 cm³/mol. The Morgan fingerprint density at radius 3 is 2.06 bits per heavy atom. The van der Waals surface area contributed by atoms with Gasteiger partial charge in [0.15, 0.2) is 0 Å². The van der Waals surface area contributed by atoms with Crippen molar-refractivity contribution in [1.29, 1.82) is 0 Å². The molecule has 5 nitrogen and oxygen atoms in total. The first-order valence-corrected chi connectivity index (χ1v) is 5.98. The molecule has 2 bridgehead atoms. The molecule has 4 aliphatic carbocycles. The van der Waals surface area contributed by atoms with Crippen LogP contribution in [-0.2, 0) is 14.3 Å². The molecule has 6 rings (SSSR count). The van der Waals surface area contributed by atoms with Gasteiger partial charge >= 0.3 is 0 Å². The summed E-state index contributed by atoms with van der Waals surface area (Å²) in [5.74, 6) is 6.76. The molecule has 8 atom stereocenters. The Labute approximate surface area is 91.9 Å². The molecule has 2 N–H and O–H groups in total. The van der Waals surface area contributed by atoms with E-state index in [2.05, 4.69) is 0 Å². The number of hydrogen-bond donors (Lipinski definition) is 1. The van der Waals surface area contributed by atoms with Crippen molar-refractivity contribution in [1.82, 2.24) is 5.01 Å². The van der Waals surface area contributed by atoms with E-state index in [1.165, 1.54) is 6.42 Å². The summed E-state index contributed by atoms with van der Waals surface area (Å²) in [6.07, 6.45) is 1.72. The Balaban J connectivity index is 1.70. The van der Waals surface area contributed by atoms with Gasteiger partial charge in [0, 0.05) is 11.8 Å². The first kappa shape index (κ1) is 8.20. The van der Waals surface area contributed by atoms with Crippen molar-refractivity contribution < 1.29 is 14.3 Å². The normalized spacial score (nSPS) is 64.2. The molecule has 2 saturated heterocycles. The average Bonchev–Trinajstić information content (AvgIpc) is 3.13. The third-order valence-electron chi connectivity index (χ3n) is 5.46. The highest BCUT2D eigenvalue weighted by Gasteiger charge is 2.79. The Hall–Kier alpha value is -0.940. The van der Waals surface area contributed by atoms with Gasteiger partial charge in [-0.1, -0.05) is 0 Å². The van der Waals surface area contributed by atoms with Crippen LogP contribution in [0.3, 0.4) is 0 Å². The van der Waals surface area contributed by atoms with Crippen molar-refractivity contribution in [3.63, 3.8) is 0 Å². The van der Waals surface area contributed by atoms with Crippen LogP contribution in [0, 0.1) is 35.5 Å². The first-order valence-electron chi connectivity index (χ1n) is 5.98. The molecule has 0 spiro atoms. The number of carbonyl (C=O) groups is 2. The molecule has 6 fully saturated rings. The molecule has 2 amide bonds. The fourth-order valence-electron chi connectivity index (χ4n) is 4.85. The maximum atomic E-state index is 12.0. The highest BCUT2D eigenvalue weighted by atomic mass is 16.6. The summed E-state index contributed by atoms with van der Waals surface area (Å²) in [6.45, 7) is 0. The fourth-order valence-corrected chi connectivity index (χ4v) is 4.85. The number of nitrogens with zero attached hydrogens (tertiary/aromatic N) is 1. The van der Waals surface area contributed by atoms with E-state index in [1.54, 1.807) is 0 Å².